The zero-order valence-corrected chi connectivity index (χ0v) is 14.7. The highest BCUT2D eigenvalue weighted by Gasteiger charge is 2.23. The number of rotatable bonds is 7. The molecule has 2 aromatic rings. The smallest absolute Gasteiger partial charge is 0.306 e. The lowest BCUT2D eigenvalue weighted by atomic mass is 10.1. The number of hydrogen-bond donors (Lipinski definition) is 0. The van der Waals surface area contributed by atoms with Crippen molar-refractivity contribution >= 4 is 16.0 Å². The van der Waals surface area contributed by atoms with E-state index >= 15 is 0 Å². The van der Waals surface area contributed by atoms with Crippen LogP contribution in [0.1, 0.15) is 36.4 Å². The Labute approximate surface area is 142 Å². The lowest BCUT2D eigenvalue weighted by Gasteiger charge is -2.28. The predicted octanol–water partition coefficient (Wildman–Crippen LogP) is 3.06. The number of carbonyl (C=O) groups is 1. The molecule has 0 radical (unpaired) electrons. The Bertz CT molecular complexity index is 783. The van der Waals surface area contributed by atoms with Crippen LogP contribution < -0.4 is 4.18 Å². The van der Waals surface area contributed by atoms with E-state index in [1.165, 1.54) is 6.26 Å². The maximum atomic E-state index is 12.6. The number of hydrogen-bond acceptors (Lipinski definition) is 5. The summed E-state index contributed by atoms with van der Waals surface area (Å²) in [6, 6.07) is 9.99. The molecule has 1 heterocycles. The fraction of sp³-hybridized carbons (Fsp3) is 0.353. The van der Waals surface area contributed by atoms with Gasteiger partial charge in [-0.3, -0.25) is 4.79 Å². The van der Waals surface area contributed by atoms with Crippen LogP contribution in [0.5, 0.6) is 5.75 Å². The SMILES string of the molecule is CC[C@H](C)N(Cc1cccc(OS(C)(=O)=O)c1)C(=O)c1ccco1. The minimum Gasteiger partial charge on any atom is -0.459 e. The molecule has 0 fully saturated rings. The first kappa shape index (κ1) is 18.1. The molecule has 1 aromatic carbocycles. The first-order chi connectivity index (χ1) is 11.3. The molecule has 0 saturated heterocycles. The fourth-order valence-corrected chi connectivity index (χ4v) is 2.71. The molecule has 0 aliphatic heterocycles. The summed E-state index contributed by atoms with van der Waals surface area (Å²) < 4.78 is 32.6. The second-order valence-corrected chi connectivity index (χ2v) is 7.18. The van der Waals surface area contributed by atoms with Crippen LogP contribution in [0.2, 0.25) is 0 Å². The quantitative estimate of drug-likeness (QED) is 0.717. The van der Waals surface area contributed by atoms with Gasteiger partial charge in [0.2, 0.25) is 0 Å². The van der Waals surface area contributed by atoms with Gasteiger partial charge in [0.15, 0.2) is 5.76 Å². The molecular formula is C17H21NO5S. The van der Waals surface area contributed by atoms with Gasteiger partial charge < -0.3 is 13.5 Å². The van der Waals surface area contributed by atoms with Gasteiger partial charge in [0.25, 0.3) is 5.91 Å². The van der Waals surface area contributed by atoms with E-state index in [0.29, 0.717) is 6.54 Å². The average Bonchev–Trinajstić information content (AvgIpc) is 3.04. The van der Waals surface area contributed by atoms with E-state index in [2.05, 4.69) is 0 Å². The van der Waals surface area contributed by atoms with E-state index in [9.17, 15) is 13.2 Å². The van der Waals surface area contributed by atoms with Crippen molar-refractivity contribution < 1.29 is 21.8 Å². The molecule has 0 unspecified atom stereocenters. The molecule has 0 aliphatic carbocycles. The van der Waals surface area contributed by atoms with E-state index in [1.807, 2.05) is 19.9 Å². The molecule has 1 aromatic heterocycles. The molecule has 130 valence electrons. The fourth-order valence-electron chi connectivity index (χ4n) is 2.26. The average molecular weight is 351 g/mol. The van der Waals surface area contributed by atoms with Crippen LogP contribution >= 0.6 is 0 Å². The second-order valence-electron chi connectivity index (χ2n) is 5.60. The van der Waals surface area contributed by atoms with Gasteiger partial charge in [-0.15, -0.1) is 0 Å². The predicted molar refractivity (Wildman–Crippen MR) is 90.2 cm³/mol. The van der Waals surface area contributed by atoms with Crippen LogP contribution in [0.4, 0.5) is 0 Å². The highest BCUT2D eigenvalue weighted by Crippen LogP contribution is 2.20. The zero-order chi connectivity index (χ0) is 17.7. The maximum Gasteiger partial charge on any atom is 0.306 e. The molecule has 0 saturated carbocycles. The largest absolute Gasteiger partial charge is 0.459 e. The van der Waals surface area contributed by atoms with E-state index < -0.39 is 10.1 Å². The molecule has 2 rings (SSSR count). The van der Waals surface area contributed by atoms with Gasteiger partial charge in [0.1, 0.15) is 5.75 Å². The number of nitrogens with zero attached hydrogens (tertiary/aromatic N) is 1. The van der Waals surface area contributed by atoms with Crippen molar-refractivity contribution in [2.24, 2.45) is 0 Å². The Morgan fingerprint density at radius 3 is 2.62 bits per heavy atom. The number of furan rings is 1. The van der Waals surface area contributed by atoms with Crippen LogP contribution in [0.25, 0.3) is 0 Å². The third-order valence-corrected chi connectivity index (χ3v) is 4.11. The topological polar surface area (TPSA) is 76.8 Å². The van der Waals surface area contributed by atoms with Gasteiger partial charge in [-0.1, -0.05) is 19.1 Å². The monoisotopic (exact) mass is 351 g/mol. The molecule has 0 spiro atoms. The number of carbonyl (C=O) groups excluding carboxylic acids is 1. The molecule has 7 heteroatoms. The first-order valence-electron chi connectivity index (χ1n) is 7.63. The Morgan fingerprint density at radius 1 is 1.29 bits per heavy atom. The van der Waals surface area contributed by atoms with Crippen molar-refractivity contribution in [1.82, 2.24) is 4.90 Å². The van der Waals surface area contributed by atoms with Crippen molar-refractivity contribution in [3.05, 3.63) is 54.0 Å². The highest BCUT2D eigenvalue weighted by atomic mass is 32.2. The van der Waals surface area contributed by atoms with Crippen LogP contribution in [0.15, 0.2) is 47.1 Å². The van der Waals surface area contributed by atoms with E-state index in [0.717, 1.165) is 18.2 Å². The molecule has 24 heavy (non-hydrogen) atoms. The summed E-state index contributed by atoms with van der Waals surface area (Å²) in [6.07, 6.45) is 3.24. The Morgan fingerprint density at radius 2 is 2.04 bits per heavy atom. The molecule has 1 amide bonds. The number of benzene rings is 1. The molecular weight excluding hydrogens is 330 g/mol. The van der Waals surface area contributed by atoms with E-state index in [-0.39, 0.29) is 23.5 Å². The van der Waals surface area contributed by atoms with E-state index in [4.69, 9.17) is 8.60 Å². The summed E-state index contributed by atoms with van der Waals surface area (Å²) in [5.41, 5.74) is 0.774. The normalized spacial score (nSPS) is 12.6. The Hall–Kier alpha value is -2.28. The van der Waals surface area contributed by atoms with Crippen LogP contribution in [-0.4, -0.2) is 31.5 Å². The van der Waals surface area contributed by atoms with Crippen molar-refractivity contribution in [2.75, 3.05) is 6.26 Å². The highest BCUT2D eigenvalue weighted by molar-refractivity contribution is 7.86. The third kappa shape index (κ3) is 4.86. The van der Waals surface area contributed by atoms with Crippen molar-refractivity contribution in [3.63, 3.8) is 0 Å². The zero-order valence-electron chi connectivity index (χ0n) is 13.9. The summed E-state index contributed by atoms with van der Waals surface area (Å²) in [6.45, 7) is 4.28. The third-order valence-electron chi connectivity index (χ3n) is 3.61. The van der Waals surface area contributed by atoms with Gasteiger partial charge >= 0.3 is 10.1 Å². The minimum atomic E-state index is -3.59. The standard InChI is InChI=1S/C17H21NO5S/c1-4-13(2)18(17(19)16-9-6-10-22-16)12-14-7-5-8-15(11-14)23-24(3,20)21/h5-11,13H,4,12H2,1-3H3/t13-/m0/s1. The van der Waals surface area contributed by atoms with Gasteiger partial charge in [-0.25, -0.2) is 0 Å². The lowest BCUT2D eigenvalue weighted by Crippen LogP contribution is -2.37. The van der Waals surface area contributed by atoms with Gasteiger partial charge in [0.05, 0.1) is 12.5 Å². The summed E-state index contributed by atoms with van der Waals surface area (Å²) >= 11 is 0. The van der Waals surface area contributed by atoms with Crippen LogP contribution in [0, 0.1) is 0 Å². The summed E-state index contributed by atoms with van der Waals surface area (Å²) in [4.78, 5) is 14.3. The second kappa shape index (κ2) is 7.53. The van der Waals surface area contributed by atoms with Crippen LogP contribution in [0.3, 0.4) is 0 Å². The molecule has 1 atom stereocenters. The van der Waals surface area contributed by atoms with Gasteiger partial charge in [-0.05, 0) is 43.2 Å². The summed E-state index contributed by atoms with van der Waals surface area (Å²) in [5, 5.41) is 0. The number of amides is 1. The van der Waals surface area contributed by atoms with Gasteiger partial charge in [-0.2, -0.15) is 8.42 Å². The van der Waals surface area contributed by atoms with Crippen molar-refractivity contribution in [2.45, 2.75) is 32.9 Å². The van der Waals surface area contributed by atoms with Crippen LogP contribution in [-0.2, 0) is 16.7 Å². The van der Waals surface area contributed by atoms with Crippen molar-refractivity contribution in [1.29, 1.82) is 0 Å². The summed E-state index contributed by atoms with van der Waals surface area (Å²) in [5.74, 6) is 0.298. The molecule has 0 aliphatic rings. The molecule has 0 bridgehead atoms. The minimum absolute atomic E-state index is 0.00193. The summed E-state index contributed by atoms with van der Waals surface area (Å²) in [7, 11) is -3.59. The Balaban J connectivity index is 2.24. The first-order valence-corrected chi connectivity index (χ1v) is 9.44. The van der Waals surface area contributed by atoms with Crippen molar-refractivity contribution in [3.8, 4) is 5.75 Å². The Kier molecular flexibility index (Phi) is 5.66. The maximum absolute atomic E-state index is 12.6. The molecule has 0 N–H and O–H groups in total. The molecule has 6 nitrogen and oxygen atoms in total. The van der Waals surface area contributed by atoms with E-state index in [1.54, 1.807) is 35.2 Å². The lowest BCUT2D eigenvalue weighted by molar-refractivity contribution is 0.0638. The van der Waals surface area contributed by atoms with Gasteiger partial charge in [0, 0.05) is 12.6 Å².